The fraction of sp³-hybridized carbons (Fsp3) is 0.600. The van der Waals surface area contributed by atoms with E-state index in [-0.39, 0.29) is 6.54 Å². The average molecular weight is 319 g/mol. The number of imidazole rings is 1. The van der Waals surface area contributed by atoms with Gasteiger partial charge in [0, 0.05) is 25.1 Å². The molecule has 122 valence electrons. The van der Waals surface area contributed by atoms with E-state index in [1.54, 1.807) is 6.20 Å². The molecule has 0 N–H and O–H groups in total. The molecule has 2 aromatic heterocycles. The van der Waals surface area contributed by atoms with E-state index in [1.165, 1.54) is 12.8 Å². The van der Waals surface area contributed by atoms with Crippen LogP contribution in [0, 0.1) is 0 Å². The quantitative estimate of drug-likeness (QED) is 0.806. The molecule has 1 atom stereocenters. The van der Waals surface area contributed by atoms with Crippen molar-refractivity contribution in [2.75, 3.05) is 26.3 Å². The molecule has 2 aliphatic heterocycles. The SMILES string of the molecule is FN1Cc2ncc(-c3cc(C4CC4)no3)n2C1N1CCOCC1. The van der Waals surface area contributed by atoms with Crippen molar-refractivity contribution in [3.8, 4) is 11.5 Å². The predicted octanol–water partition coefficient (Wildman–Crippen LogP) is 1.90. The number of hydrogen-bond donors (Lipinski definition) is 0. The fourth-order valence-corrected chi connectivity index (χ4v) is 3.43. The van der Waals surface area contributed by atoms with Gasteiger partial charge in [-0.05, 0) is 12.8 Å². The highest BCUT2D eigenvalue weighted by atomic mass is 19.2. The van der Waals surface area contributed by atoms with Gasteiger partial charge in [0.2, 0.25) is 0 Å². The van der Waals surface area contributed by atoms with Crippen LogP contribution in [0.4, 0.5) is 4.48 Å². The number of ether oxygens (including phenoxy) is 1. The monoisotopic (exact) mass is 319 g/mol. The molecule has 0 spiro atoms. The zero-order valence-corrected chi connectivity index (χ0v) is 12.7. The van der Waals surface area contributed by atoms with Crippen LogP contribution in [0.1, 0.15) is 36.6 Å². The number of hydrogen-bond acceptors (Lipinski definition) is 6. The van der Waals surface area contributed by atoms with Gasteiger partial charge in [0.25, 0.3) is 0 Å². The summed E-state index contributed by atoms with van der Waals surface area (Å²) in [4.78, 5) is 6.45. The van der Waals surface area contributed by atoms with E-state index in [0.29, 0.717) is 43.8 Å². The second-order valence-corrected chi connectivity index (χ2v) is 6.37. The van der Waals surface area contributed by atoms with Crippen molar-refractivity contribution in [1.82, 2.24) is 24.7 Å². The van der Waals surface area contributed by atoms with Crippen LogP contribution < -0.4 is 0 Å². The summed E-state index contributed by atoms with van der Waals surface area (Å²) < 4.78 is 27.3. The van der Waals surface area contributed by atoms with Crippen LogP contribution >= 0.6 is 0 Å². The van der Waals surface area contributed by atoms with Gasteiger partial charge in [-0.25, -0.2) is 4.98 Å². The van der Waals surface area contributed by atoms with E-state index in [1.807, 2.05) is 10.6 Å². The summed E-state index contributed by atoms with van der Waals surface area (Å²) in [5.41, 5.74) is 1.78. The molecule has 4 heterocycles. The molecular formula is C15H18FN5O2. The van der Waals surface area contributed by atoms with Crippen LogP contribution in [0.3, 0.4) is 0 Å². The van der Waals surface area contributed by atoms with Crippen molar-refractivity contribution in [2.24, 2.45) is 0 Å². The standard InChI is InChI=1S/C15H18FN5O2/c16-20-9-14-17-8-12(13-7-11(18-23-13)10-1-2-10)21(14)15(20)19-3-5-22-6-4-19/h7-8,10,15H,1-6,9H2. The van der Waals surface area contributed by atoms with Crippen molar-refractivity contribution in [3.05, 3.63) is 23.8 Å². The Kier molecular flexibility index (Phi) is 3.04. The molecule has 0 radical (unpaired) electrons. The second-order valence-electron chi connectivity index (χ2n) is 6.37. The smallest absolute Gasteiger partial charge is 0.185 e. The molecule has 0 bridgehead atoms. The number of rotatable bonds is 3. The summed E-state index contributed by atoms with van der Waals surface area (Å²) in [7, 11) is 0. The molecule has 0 aromatic carbocycles. The van der Waals surface area contributed by atoms with Gasteiger partial charge in [-0.3, -0.25) is 9.47 Å². The molecule has 8 heteroatoms. The average Bonchev–Trinajstić information content (AvgIpc) is 3.02. The Balaban J connectivity index is 1.52. The molecule has 2 aromatic rings. The maximum Gasteiger partial charge on any atom is 0.185 e. The first-order chi connectivity index (χ1) is 11.3. The first-order valence-corrected chi connectivity index (χ1v) is 8.08. The van der Waals surface area contributed by atoms with Gasteiger partial charge >= 0.3 is 0 Å². The maximum absolute atomic E-state index is 14.5. The van der Waals surface area contributed by atoms with Crippen LogP contribution in [-0.4, -0.2) is 51.0 Å². The van der Waals surface area contributed by atoms with E-state index in [0.717, 1.165) is 16.5 Å². The third-order valence-corrected chi connectivity index (χ3v) is 4.80. The lowest BCUT2D eigenvalue weighted by Gasteiger charge is -2.34. The van der Waals surface area contributed by atoms with Crippen LogP contribution in [0.5, 0.6) is 0 Å². The molecule has 3 aliphatic rings. The van der Waals surface area contributed by atoms with Gasteiger partial charge in [0.1, 0.15) is 11.5 Å². The summed E-state index contributed by atoms with van der Waals surface area (Å²) in [5, 5.41) is 4.99. The highest BCUT2D eigenvalue weighted by molar-refractivity contribution is 5.53. The van der Waals surface area contributed by atoms with E-state index in [9.17, 15) is 4.48 Å². The number of nitrogens with zero attached hydrogens (tertiary/aromatic N) is 5. The van der Waals surface area contributed by atoms with Crippen molar-refractivity contribution >= 4 is 0 Å². The summed E-state index contributed by atoms with van der Waals surface area (Å²) in [6, 6.07) is 1.97. The molecular weight excluding hydrogens is 301 g/mol. The van der Waals surface area contributed by atoms with Gasteiger partial charge in [-0.2, -0.15) is 0 Å². The largest absolute Gasteiger partial charge is 0.379 e. The van der Waals surface area contributed by atoms with Crippen molar-refractivity contribution in [3.63, 3.8) is 0 Å². The zero-order chi connectivity index (χ0) is 15.4. The molecule has 0 amide bonds. The molecule has 1 saturated carbocycles. The van der Waals surface area contributed by atoms with E-state index in [4.69, 9.17) is 9.26 Å². The fourth-order valence-electron chi connectivity index (χ4n) is 3.43. The van der Waals surface area contributed by atoms with E-state index >= 15 is 0 Å². The van der Waals surface area contributed by atoms with E-state index in [2.05, 4.69) is 15.0 Å². The van der Waals surface area contributed by atoms with Gasteiger partial charge in [0.15, 0.2) is 12.0 Å². The Morgan fingerprint density at radius 1 is 1.22 bits per heavy atom. The normalized spacial score (nSPS) is 25.9. The Morgan fingerprint density at radius 3 is 2.83 bits per heavy atom. The minimum absolute atomic E-state index is 0.186. The molecule has 1 unspecified atom stereocenters. The van der Waals surface area contributed by atoms with Crippen LogP contribution in [0.2, 0.25) is 0 Å². The number of morpholine rings is 1. The molecule has 5 rings (SSSR count). The third-order valence-electron chi connectivity index (χ3n) is 4.80. The highest BCUT2D eigenvalue weighted by Gasteiger charge is 2.39. The lowest BCUT2D eigenvalue weighted by molar-refractivity contribution is -0.135. The summed E-state index contributed by atoms with van der Waals surface area (Å²) in [5.74, 6) is 1.91. The van der Waals surface area contributed by atoms with Crippen molar-refractivity contribution < 1.29 is 13.7 Å². The maximum atomic E-state index is 14.5. The third kappa shape index (κ3) is 2.20. The topological polar surface area (TPSA) is 59.6 Å². The Morgan fingerprint density at radius 2 is 2.04 bits per heavy atom. The summed E-state index contributed by atoms with van der Waals surface area (Å²) in [6.07, 6.45) is 3.62. The van der Waals surface area contributed by atoms with Gasteiger partial charge in [-0.15, -0.1) is 9.60 Å². The summed E-state index contributed by atoms with van der Waals surface area (Å²) in [6.45, 7) is 2.83. The minimum Gasteiger partial charge on any atom is -0.379 e. The Bertz CT molecular complexity index is 719. The van der Waals surface area contributed by atoms with Crippen molar-refractivity contribution in [2.45, 2.75) is 31.6 Å². The predicted molar refractivity (Wildman–Crippen MR) is 77.8 cm³/mol. The molecule has 1 aliphatic carbocycles. The van der Waals surface area contributed by atoms with Gasteiger partial charge in [0.05, 0.1) is 31.6 Å². The van der Waals surface area contributed by atoms with E-state index < -0.39 is 6.29 Å². The van der Waals surface area contributed by atoms with Crippen molar-refractivity contribution in [1.29, 1.82) is 0 Å². The number of fused-ring (bicyclic) bond motifs is 1. The number of aromatic nitrogens is 3. The summed E-state index contributed by atoms with van der Waals surface area (Å²) >= 11 is 0. The molecule has 23 heavy (non-hydrogen) atoms. The Hall–Kier alpha value is -1.77. The minimum atomic E-state index is -0.485. The lowest BCUT2D eigenvalue weighted by Crippen LogP contribution is -2.44. The molecule has 1 saturated heterocycles. The lowest BCUT2D eigenvalue weighted by atomic mass is 10.2. The van der Waals surface area contributed by atoms with Gasteiger partial charge < -0.3 is 9.26 Å². The van der Waals surface area contributed by atoms with Crippen LogP contribution in [-0.2, 0) is 11.3 Å². The first-order valence-electron chi connectivity index (χ1n) is 8.08. The molecule has 7 nitrogen and oxygen atoms in total. The number of halogens is 1. The Labute approximate surface area is 132 Å². The van der Waals surface area contributed by atoms with Crippen LogP contribution in [0.15, 0.2) is 16.8 Å². The van der Waals surface area contributed by atoms with Crippen LogP contribution in [0.25, 0.3) is 11.5 Å². The second kappa shape index (κ2) is 5.12. The zero-order valence-electron chi connectivity index (χ0n) is 12.7. The molecule has 2 fully saturated rings. The van der Waals surface area contributed by atoms with Gasteiger partial charge in [-0.1, -0.05) is 5.16 Å². The highest BCUT2D eigenvalue weighted by Crippen LogP contribution is 2.41. The first kappa shape index (κ1) is 13.6.